The lowest BCUT2D eigenvalue weighted by Gasteiger charge is -2.10. The predicted molar refractivity (Wildman–Crippen MR) is 64.5 cm³/mol. The second-order valence-corrected chi connectivity index (χ2v) is 3.93. The molecule has 4 nitrogen and oxygen atoms in total. The van der Waals surface area contributed by atoms with Crippen LogP contribution in [0.3, 0.4) is 0 Å². The molecule has 1 aromatic carbocycles. The number of aromatic carboxylic acids is 1. The van der Waals surface area contributed by atoms with E-state index in [9.17, 15) is 9.18 Å². The number of rotatable bonds is 4. The van der Waals surface area contributed by atoms with E-state index >= 15 is 0 Å². The monoisotopic (exact) mass is 248 g/mol. The van der Waals surface area contributed by atoms with E-state index in [1.54, 1.807) is 17.0 Å². The number of benzene rings is 1. The maximum Gasteiger partial charge on any atom is 0.337 e. The van der Waals surface area contributed by atoms with Crippen molar-refractivity contribution in [2.24, 2.45) is 0 Å². The summed E-state index contributed by atoms with van der Waals surface area (Å²) in [5, 5.41) is 9.11. The van der Waals surface area contributed by atoms with Gasteiger partial charge in [0.05, 0.1) is 11.3 Å². The van der Waals surface area contributed by atoms with Crippen LogP contribution in [0.15, 0.2) is 30.6 Å². The van der Waals surface area contributed by atoms with Crippen molar-refractivity contribution >= 4 is 5.97 Å². The number of carboxylic acids is 1. The first-order chi connectivity index (χ1) is 8.63. The number of imidazole rings is 1. The summed E-state index contributed by atoms with van der Waals surface area (Å²) in [6.45, 7) is 2.02. The summed E-state index contributed by atoms with van der Waals surface area (Å²) in [5.74, 6) is -0.944. The summed E-state index contributed by atoms with van der Waals surface area (Å²) in [7, 11) is 0. The van der Waals surface area contributed by atoms with Crippen LogP contribution in [-0.2, 0) is 6.42 Å². The second-order valence-electron chi connectivity index (χ2n) is 3.93. The number of carboxylic acid groups (broad SMARTS) is 1. The Morgan fingerprint density at radius 2 is 2.28 bits per heavy atom. The Kier molecular flexibility index (Phi) is 3.41. The van der Waals surface area contributed by atoms with Crippen molar-refractivity contribution in [1.82, 2.24) is 9.55 Å². The van der Waals surface area contributed by atoms with Gasteiger partial charge in [0.25, 0.3) is 0 Å². The van der Waals surface area contributed by atoms with Crippen LogP contribution in [0.1, 0.15) is 29.5 Å². The Morgan fingerprint density at radius 1 is 1.50 bits per heavy atom. The SMILES string of the molecule is CCCc1nccn1-c1ccc(F)cc1C(=O)O. The summed E-state index contributed by atoms with van der Waals surface area (Å²) in [6.07, 6.45) is 4.94. The zero-order valence-corrected chi connectivity index (χ0v) is 9.93. The molecule has 1 aromatic heterocycles. The lowest BCUT2D eigenvalue weighted by Crippen LogP contribution is -2.08. The third-order valence-corrected chi connectivity index (χ3v) is 2.64. The van der Waals surface area contributed by atoms with Crippen molar-refractivity contribution in [3.63, 3.8) is 0 Å². The van der Waals surface area contributed by atoms with E-state index in [4.69, 9.17) is 5.11 Å². The van der Waals surface area contributed by atoms with Crippen molar-refractivity contribution < 1.29 is 14.3 Å². The van der Waals surface area contributed by atoms with Crippen LogP contribution >= 0.6 is 0 Å². The van der Waals surface area contributed by atoms with E-state index in [1.807, 2.05) is 6.92 Å². The molecular formula is C13H13FN2O2. The van der Waals surface area contributed by atoms with Crippen LogP contribution < -0.4 is 0 Å². The first-order valence-electron chi connectivity index (χ1n) is 5.69. The van der Waals surface area contributed by atoms with Crippen LogP contribution in [-0.4, -0.2) is 20.6 Å². The maximum atomic E-state index is 13.1. The third-order valence-electron chi connectivity index (χ3n) is 2.64. The summed E-state index contributed by atoms with van der Waals surface area (Å²) >= 11 is 0. The average Bonchev–Trinajstić information content (AvgIpc) is 2.77. The van der Waals surface area contributed by atoms with Crippen LogP contribution in [0.4, 0.5) is 4.39 Å². The highest BCUT2D eigenvalue weighted by Gasteiger charge is 2.14. The van der Waals surface area contributed by atoms with Gasteiger partial charge in [0.15, 0.2) is 0 Å². The number of hydrogen-bond acceptors (Lipinski definition) is 2. The normalized spacial score (nSPS) is 10.6. The first-order valence-corrected chi connectivity index (χ1v) is 5.69. The van der Waals surface area contributed by atoms with E-state index in [2.05, 4.69) is 4.98 Å². The lowest BCUT2D eigenvalue weighted by molar-refractivity contribution is 0.0696. The number of aryl methyl sites for hydroxylation is 1. The number of hydrogen-bond donors (Lipinski definition) is 1. The molecule has 0 saturated carbocycles. The number of nitrogens with zero attached hydrogens (tertiary/aromatic N) is 2. The first kappa shape index (κ1) is 12.3. The smallest absolute Gasteiger partial charge is 0.337 e. The van der Waals surface area contributed by atoms with Gasteiger partial charge in [0, 0.05) is 18.8 Å². The Morgan fingerprint density at radius 3 is 2.94 bits per heavy atom. The van der Waals surface area contributed by atoms with E-state index in [1.165, 1.54) is 12.1 Å². The quantitative estimate of drug-likeness (QED) is 0.905. The molecule has 0 amide bonds. The van der Waals surface area contributed by atoms with Crippen molar-refractivity contribution in [2.75, 3.05) is 0 Å². The molecule has 94 valence electrons. The summed E-state index contributed by atoms with van der Waals surface area (Å²) in [5.41, 5.74) is 0.371. The maximum absolute atomic E-state index is 13.1. The Bertz CT molecular complexity index is 578. The van der Waals surface area contributed by atoms with E-state index in [0.717, 1.165) is 24.7 Å². The van der Waals surface area contributed by atoms with Crippen LogP contribution in [0.5, 0.6) is 0 Å². The van der Waals surface area contributed by atoms with Gasteiger partial charge in [0.1, 0.15) is 11.6 Å². The second kappa shape index (κ2) is 5.00. The highest BCUT2D eigenvalue weighted by molar-refractivity contribution is 5.92. The van der Waals surface area contributed by atoms with Crippen LogP contribution in [0.2, 0.25) is 0 Å². The molecule has 0 bridgehead atoms. The van der Waals surface area contributed by atoms with Gasteiger partial charge in [-0.05, 0) is 24.6 Å². The van der Waals surface area contributed by atoms with Gasteiger partial charge in [-0.1, -0.05) is 6.92 Å². The number of carbonyl (C=O) groups is 1. The number of aromatic nitrogens is 2. The van der Waals surface area contributed by atoms with Crippen molar-refractivity contribution in [2.45, 2.75) is 19.8 Å². The minimum atomic E-state index is -1.15. The zero-order chi connectivity index (χ0) is 13.1. The van der Waals surface area contributed by atoms with Crippen molar-refractivity contribution in [3.05, 3.63) is 47.8 Å². The molecule has 0 atom stereocenters. The standard InChI is InChI=1S/C13H13FN2O2/c1-2-3-12-15-6-7-16(12)11-5-4-9(14)8-10(11)13(17)18/h4-8H,2-3H2,1H3,(H,17,18). The Balaban J connectivity index is 2.56. The van der Waals surface area contributed by atoms with Crippen LogP contribution in [0, 0.1) is 5.82 Å². The highest BCUT2D eigenvalue weighted by atomic mass is 19.1. The average molecular weight is 248 g/mol. The lowest BCUT2D eigenvalue weighted by atomic mass is 10.1. The Hall–Kier alpha value is -2.17. The third kappa shape index (κ3) is 2.25. The molecule has 0 saturated heterocycles. The summed E-state index contributed by atoms with van der Waals surface area (Å²) < 4.78 is 14.8. The molecular weight excluding hydrogens is 235 g/mol. The molecule has 0 spiro atoms. The molecule has 0 fully saturated rings. The molecule has 18 heavy (non-hydrogen) atoms. The largest absolute Gasteiger partial charge is 0.478 e. The van der Waals surface area contributed by atoms with Gasteiger partial charge in [-0.2, -0.15) is 0 Å². The molecule has 2 aromatic rings. The van der Waals surface area contributed by atoms with Gasteiger partial charge >= 0.3 is 5.97 Å². The molecule has 0 aliphatic rings. The minimum absolute atomic E-state index is 0.0645. The molecule has 2 rings (SSSR count). The molecule has 0 radical (unpaired) electrons. The van der Waals surface area contributed by atoms with Gasteiger partial charge in [-0.3, -0.25) is 0 Å². The molecule has 1 heterocycles. The fourth-order valence-electron chi connectivity index (χ4n) is 1.85. The molecule has 1 N–H and O–H groups in total. The topological polar surface area (TPSA) is 55.1 Å². The Labute approximate surface area is 104 Å². The zero-order valence-electron chi connectivity index (χ0n) is 9.93. The van der Waals surface area contributed by atoms with E-state index < -0.39 is 11.8 Å². The summed E-state index contributed by atoms with van der Waals surface area (Å²) in [4.78, 5) is 15.3. The fraction of sp³-hybridized carbons (Fsp3) is 0.231. The van der Waals surface area contributed by atoms with Gasteiger partial charge in [-0.25, -0.2) is 14.2 Å². The molecule has 0 unspecified atom stereocenters. The molecule has 0 aliphatic carbocycles. The summed E-state index contributed by atoms with van der Waals surface area (Å²) in [6, 6.07) is 3.73. The predicted octanol–water partition coefficient (Wildman–Crippen LogP) is 2.66. The fourth-order valence-corrected chi connectivity index (χ4v) is 1.85. The molecule has 5 heteroatoms. The van der Waals surface area contributed by atoms with E-state index in [0.29, 0.717) is 5.69 Å². The van der Waals surface area contributed by atoms with Crippen molar-refractivity contribution in [1.29, 1.82) is 0 Å². The number of halogens is 1. The van der Waals surface area contributed by atoms with Gasteiger partial charge in [-0.15, -0.1) is 0 Å². The minimum Gasteiger partial charge on any atom is -0.478 e. The van der Waals surface area contributed by atoms with Gasteiger partial charge in [0.2, 0.25) is 0 Å². The highest BCUT2D eigenvalue weighted by Crippen LogP contribution is 2.18. The molecule has 0 aliphatic heterocycles. The van der Waals surface area contributed by atoms with Crippen molar-refractivity contribution in [3.8, 4) is 5.69 Å². The van der Waals surface area contributed by atoms with Crippen LogP contribution in [0.25, 0.3) is 5.69 Å². The van der Waals surface area contributed by atoms with E-state index in [-0.39, 0.29) is 5.56 Å². The van der Waals surface area contributed by atoms with Gasteiger partial charge < -0.3 is 9.67 Å².